The lowest BCUT2D eigenvalue weighted by molar-refractivity contribution is -0.870. The molecule has 0 bridgehead atoms. The fourth-order valence-electron chi connectivity index (χ4n) is 3.73. The van der Waals surface area contributed by atoms with Crippen LogP contribution in [0.5, 0.6) is 0 Å². The van der Waals surface area contributed by atoms with Crippen LogP contribution < -0.4 is 5.32 Å². The van der Waals surface area contributed by atoms with Crippen LogP contribution in [0.2, 0.25) is 0 Å². The minimum atomic E-state index is -4.28. The van der Waals surface area contributed by atoms with Crippen LogP contribution in [0, 0.1) is 0 Å². The molecular formula is C29H58N2O6P+. The Morgan fingerprint density at radius 3 is 2.21 bits per heavy atom. The van der Waals surface area contributed by atoms with E-state index in [4.69, 9.17) is 9.05 Å². The first-order valence-electron chi connectivity index (χ1n) is 14.7. The third kappa shape index (κ3) is 24.1. The summed E-state index contributed by atoms with van der Waals surface area (Å²) in [4.78, 5) is 22.6. The number of rotatable bonds is 25. The quantitative estimate of drug-likeness (QED) is 0.0524. The van der Waals surface area contributed by atoms with E-state index in [-0.39, 0.29) is 19.1 Å². The van der Waals surface area contributed by atoms with Crippen LogP contribution >= 0.6 is 7.82 Å². The second kappa shape index (κ2) is 22.8. The Bertz CT molecular complexity index is 693. The van der Waals surface area contributed by atoms with Crippen molar-refractivity contribution in [3.63, 3.8) is 0 Å². The molecule has 8 nitrogen and oxygen atoms in total. The van der Waals surface area contributed by atoms with Gasteiger partial charge in [-0.15, -0.1) is 0 Å². The molecule has 0 heterocycles. The molecule has 0 aliphatic heterocycles. The van der Waals surface area contributed by atoms with E-state index in [1.807, 2.05) is 21.1 Å². The highest BCUT2D eigenvalue weighted by Crippen LogP contribution is 2.43. The maximum Gasteiger partial charge on any atom is 0.472 e. The summed E-state index contributed by atoms with van der Waals surface area (Å²) in [6.45, 7) is 4.59. The topological polar surface area (TPSA) is 105 Å². The molecule has 0 aliphatic rings. The van der Waals surface area contributed by atoms with Crippen LogP contribution in [0.15, 0.2) is 24.3 Å². The number of nitrogens with one attached hydrogen (secondary N) is 1. The zero-order chi connectivity index (χ0) is 28.7. The standard InChI is InChI=1S/C29H57N2O6P/c1-6-8-10-11-12-13-14-15-16-17-18-19-21-23-29(33)30-27(28(32)22-20-9-7-2)26-37-38(34,35)36-25-24-31(3,4)5/h10-11,13-14,27-28,32H,6-9,12,15-26H2,1-5H3,(H-,30,33,34,35)/p+1/b11-10-,14-13-. The molecule has 3 unspecified atom stereocenters. The lowest BCUT2D eigenvalue weighted by Crippen LogP contribution is -2.46. The number of aliphatic hydroxyl groups excluding tert-OH is 1. The van der Waals surface area contributed by atoms with Gasteiger partial charge in [0, 0.05) is 6.42 Å². The number of likely N-dealkylation sites (N-methyl/N-ethyl adjacent to an activating group) is 1. The van der Waals surface area contributed by atoms with Crippen LogP contribution in [0.25, 0.3) is 0 Å². The Hall–Kier alpha value is -1.02. The van der Waals surface area contributed by atoms with Crippen LogP contribution in [-0.2, 0) is 18.4 Å². The van der Waals surface area contributed by atoms with E-state index in [2.05, 4.69) is 43.5 Å². The molecule has 1 amide bonds. The summed E-state index contributed by atoms with van der Waals surface area (Å²) in [6, 6.07) is -0.759. The molecule has 3 atom stereocenters. The van der Waals surface area contributed by atoms with Crippen molar-refractivity contribution in [1.82, 2.24) is 5.32 Å². The van der Waals surface area contributed by atoms with Gasteiger partial charge in [0.1, 0.15) is 13.2 Å². The monoisotopic (exact) mass is 561 g/mol. The van der Waals surface area contributed by atoms with Crippen LogP contribution in [0.4, 0.5) is 0 Å². The lowest BCUT2D eigenvalue weighted by Gasteiger charge is -2.26. The average molecular weight is 562 g/mol. The molecule has 0 saturated heterocycles. The van der Waals surface area contributed by atoms with Gasteiger partial charge in [-0.25, -0.2) is 4.57 Å². The van der Waals surface area contributed by atoms with Crippen LogP contribution in [-0.4, -0.2) is 73.4 Å². The number of carbonyl (C=O) groups excluding carboxylic acids is 1. The average Bonchev–Trinajstić information content (AvgIpc) is 2.83. The van der Waals surface area contributed by atoms with Gasteiger partial charge in [0.2, 0.25) is 5.91 Å². The zero-order valence-electron chi connectivity index (χ0n) is 24.9. The lowest BCUT2D eigenvalue weighted by atomic mass is 10.0. The predicted molar refractivity (Wildman–Crippen MR) is 157 cm³/mol. The van der Waals surface area contributed by atoms with E-state index in [1.165, 1.54) is 6.42 Å². The van der Waals surface area contributed by atoms with Crippen molar-refractivity contribution >= 4 is 13.7 Å². The van der Waals surface area contributed by atoms with Gasteiger partial charge in [-0.05, 0) is 38.5 Å². The Kier molecular flexibility index (Phi) is 22.1. The Morgan fingerprint density at radius 2 is 1.55 bits per heavy atom. The molecule has 0 aromatic rings. The summed E-state index contributed by atoms with van der Waals surface area (Å²) in [5.41, 5.74) is 0. The number of allylic oxidation sites excluding steroid dienone is 4. The molecule has 0 aromatic heterocycles. The highest BCUT2D eigenvalue weighted by molar-refractivity contribution is 7.47. The highest BCUT2D eigenvalue weighted by Gasteiger charge is 2.28. The van der Waals surface area contributed by atoms with E-state index >= 15 is 0 Å². The van der Waals surface area contributed by atoms with Crippen molar-refractivity contribution in [2.45, 2.75) is 116 Å². The number of phosphoric acid groups is 1. The molecule has 0 fully saturated rings. The summed E-state index contributed by atoms with van der Waals surface area (Å²) in [6.07, 6.45) is 21.3. The van der Waals surface area contributed by atoms with Crippen molar-refractivity contribution in [3.8, 4) is 0 Å². The molecular weight excluding hydrogens is 503 g/mol. The Labute approximate surface area is 233 Å². The van der Waals surface area contributed by atoms with Crippen LogP contribution in [0.3, 0.4) is 0 Å². The third-order valence-corrected chi connectivity index (χ3v) is 7.17. The summed E-state index contributed by atoms with van der Waals surface area (Å²) >= 11 is 0. The first-order chi connectivity index (χ1) is 18.0. The maximum absolute atomic E-state index is 12.5. The maximum atomic E-state index is 12.5. The van der Waals surface area contributed by atoms with E-state index in [0.29, 0.717) is 23.9 Å². The third-order valence-electron chi connectivity index (χ3n) is 6.18. The van der Waals surface area contributed by atoms with E-state index in [1.54, 1.807) is 0 Å². The Balaban J connectivity index is 4.37. The van der Waals surface area contributed by atoms with Crippen molar-refractivity contribution in [1.29, 1.82) is 0 Å². The second-order valence-electron chi connectivity index (χ2n) is 11.1. The summed E-state index contributed by atoms with van der Waals surface area (Å²) in [5.74, 6) is -0.175. The van der Waals surface area contributed by atoms with Crippen molar-refractivity contribution < 1.29 is 32.9 Å². The van der Waals surface area contributed by atoms with Crippen molar-refractivity contribution in [2.75, 3.05) is 40.9 Å². The van der Waals surface area contributed by atoms with Gasteiger partial charge in [-0.1, -0.05) is 83.1 Å². The van der Waals surface area contributed by atoms with Crippen molar-refractivity contribution in [3.05, 3.63) is 24.3 Å². The van der Waals surface area contributed by atoms with E-state index in [0.717, 1.165) is 70.6 Å². The number of hydrogen-bond donors (Lipinski definition) is 3. The number of quaternary nitrogens is 1. The second-order valence-corrected chi connectivity index (χ2v) is 12.6. The number of amides is 1. The SMILES string of the molecule is CCC/C=C\C/C=C\CCCCCCCC(=O)NC(COP(=O)(O)OCC[N+](C)(C)C)C(O)CCCCC. The van der Waals surface area contributed by atoms with Crippen LogP contribution in [0.1, 0.15) is 104 Å². The minimum absolute atomic E-state index is 0.0695. The van der Waals surface area contributed by atoms with Gasteiger partial charge >= 0.3 is 7.82 Å². The molecule has 38 heavy (non-hydrogen) atoms. The normalized spacial score (nSPS) is 15.7. The Morgan fingerprint density at radius 1 is 0.895 bits per heavy atom. The molecule has 0 aliphatic carbocycles. The molecule has 3 N–H and O–H groups in total. The fraction of sp³-hybridized carbons (Fsp3) is 0.828. The number of phosphoric ester groups is 1. The number of nitrogens with zero attached hydrogens (tertiary/aromatic N) is 1. The largest absolute Gasteiger partial charge is 0.472 e. The van der Waals surface area contributed by atoms with Gasteiger partial charge < -0.3 is 19.8 Å². The number of unbranched alkanes of at least 4 members (excludes halogenated alkanes) is 8. The van der Waals surface area contributed by atoms with Gasteiger partial charge in [0.15, 0.2) is 0 Å². The molecule has 0 rings (SSSR count). The van der Waals surface area contributed by atoms with Gasteiger partial charge in [-0.3, -0.25) is 13.8 Å². The predicted octanol–water partition coefficient (Wildman–Crippen LogP) is 6.29. The molecule has 0 saturated carbocycles. The van der Waals surface area contributed by atoms with Gasteiger partial charge in [0.25, 0.3) is 0 Å². The molecule has 0 spiro atoms. The highest BCUT2D eigenvalue weighted by atomic mass is 31.2. The summed E-state index contributed by atoms with van der Waals surface area (Å²) in [7, 11) is 1.59. The summed E-state index contributed by atoms with van der Waals surface area (Å²) in [5, 5.41) is 13.5. The number of aliphatic hydroxyl groups is 1. The van der Waals surface area contributed by atoms with E-state index in [9.17, 15) is 19.4 Å². The fourth-order valence-corrected chi connectivity index (χ4v) is 4.46. The van der Waals surface area contributed by atoms with Gasteiger partial charge in [-0.2, -0.15) is 0 Å². The smallest absolute Gasteiger partial charge is 0.391 e. The van der Waals surface area contributed by atoms with Crippen molar-refractivity contribution in [2.24, 2.45) is 0 Å². The molecule has 9 heteroatoms. The molecule has 0 aromatic carbocycles. The van der Waals surface area contributed by atoms with E-state index < -0.39 is 20.0 Å². The molecule has 0 radical (unpaired) electrons. The number of carbonyl (C=O) groups is 1. The first-order valence-corrected chi connectivity index (χ1v) is 16.2. The first kappa shape index (κ1) is 37.0. The minimum Gasteiger partial charge on any atom is -0.391 e. The molecule has 224 valence electrons. The summed E-state index contributed by atoms with van der Waals surface area (Å²) < 4.78 is 23.1. The van der Waals surface area contributed by atoms with Gasteiger partial charge in [0.05, 0.1) is 39.9 Å². The zero-order valence-corrected chi connectivity index (χ0v) is 25.8. The number of hydrogen-bond acceptors (Lipinski definition) is 5.